The molecule has 0 bridgehead atoms. The average molecular weight is 667 g/mol. The zero-order chi connectivity index (χ0) is 34.9. The summed E-state index contributed by atoms with van der Waals surface area (Å²) in [4.78, 5) is 0. The fraction of sp³-hybridized carbons (Fsp3) is 0.660. The Morgan fingerprint density at radius 2 is 0.714 bits per heavy atom. The van der Waals surface area contributed by atoms with Gasteiger partial charge in [0, 0.05) is 22.3 Å². The van der Waals surface area contributed by atoms with Gasteiger partial charge in [0.05, 0.1) is 0 Å². The average Bonchev–Trinajstić information content (AvgIpc) is 3.40. The first-order chi connectivity index (χ1) is 24.1. The van der Waals surface area contributed by atoms with Crippen LogP contribution in [-0.4, -0.2) is 4.70 Å². The van der Waals surface area contributed by atoms with Crippen molar-refractivity contribution in [3.05, 3.63) is 87.5 Å². The van der Waals surface area contributed by atoms with E-state index in [0.717, 1.165) is 68.3 Å². The minimum absolute atomic E-state index is 1.02. The number of hydrogen-bond donors (Lipinski definition) is 0. The minimum Gasteiger partial charge on any atom is -0.493 e. The summed E-state index contributed by atoms with van der Waals surface area (Å²) in [5.74, 6) is 0. The molecule has 0 spiro atoms. The topological polar surface area (TPSA) is 25.3 Å². The monoisotopic (exact) mass is 667 g/mol. The van der Waals surface area contributed by atoms with Crippen LogP contribution >= 0.6 is 0 Å². The smallest absolute Gasteiger partial charge is 0.211 e. The first kappa shape index (κ1) is 40.9. The molecule has 2 aromatic rings. The molecule has 3 rings (SSSR count). The highest BCUT2D eigenvalue weighted by atomic mass is 15.2. The molecule has 0 unspecified atom stereocenters. The summed E-state index contributed by atoms with van der Waals surface area (Å²) in [6.07, 6.45) is 35.2. The Labute approximate surface area is 303 Å². The number of nitrogens with zero attached hydrogens (tertiary/aromatic N) is 2. The van der Waals surface area contributed by atoms with Crippen LogP contribution < -0.4 is 0 Å². The lowest BCUT2D eigenvalue weighted by atomic mass is 9.91. The molecule has 272 valence electrons. The van der Waals surface area contributed by atoms with Crippen molar-refractivity contribution in [2.24, 2.45) is 0 Å². The van der Waals surface area contributed by atoms with E-state index < -0.39 is 0 Å². The quantitative estimate of drug-likeness (QED) is 0.0610. The van der Waals surface area contributed by atoms with Crippen LogP contribution in [0.4, 0.5) is 0 Å². The Hall–Kier alpha value is -2.48. The van der Waals surface area contributed by atoms with E-state index in [1.165, 1.54) is 150 Å². The predicted octanol–water partition coefficient (Wildman–Crippen LogP) is 15.8. The van der Waals surface area contributed by atoms with Gasteiger partial charge in [-0.15, -0.1) is 0 Å². The maximum absolute atomic E-state index is 12.0. The molecule has 2 aromatic carbocycles. The van der Waals surface area contributed by atoms with Crippen LogP contribution in [0.5, 0.6) is 0 Å². The molecule has 1 aliphatic heterocycles. The Morgan fingerprint density at radius 1 is 0.388 bits per heavy atom. The van der Waals surface area contributed by atoms with Crippen LogP contribution in [0.3, 0.4) is 0 Å². The van der Waals surface area contributed by atoms with Crippen molar-refractivity contribution >= 4 is 11.4 Å². The molecule has 2 heteroatoms. The summed E-state index contributed by atoms with van der Waals surface area (Å²) in [5.41, 5.74) is 21.9. The second-order valence-corrected chi connectivity index (χ2v) is 15.1. The van der Waals surface area contributed by atoms with Crippen molar-refractivity contribution in [2.45, 2.75) is 201 Å². The van der Waals surface area contributed by atoms with E-state index in [1.54, 1.807) is 4.70 Å². The van der Waals surface area contributed by atoms with E-state index in [-0.39, 0.29) is 0 Å². The second kappa shape index (κ2) is 25.5. The third kappa shape index (κ3) is 14.7. The Balaban J connectivity index is 1.51. The van der Waals surface area contributed by atoms with Crippen LogP contribution in [0.1, 0.15) is 210 Å². The maximum atomic E-state index is 12.0. The molecule has 0 aromatic heterocycles. The second-order valence-electron chi connectivity index (χ2n) is 15.1. The van der Waals surface area contributed by atoms with Gasteiger partial charge in [0.1, 0.15) is 0 Å². The molecule has 0 N–H and O–H groups in total. The van der Waals surface area contributed by atoms with Crippen molar-refractivity contribution in [3.8, 4) is 0 Å². The zero-order valence-electron chi connectivity index (χ0n) is 32.6. The van der Waals surface area contributed by atoms with Crippen LogP contribution in [0.15, 0.2) is 59.7 Å². The van der Waals surface area contributed by atoms with Crippen molar-refractivity contribution < 1.29 is 4.70 Å². The minimum atomic E-state index is 1.02. The molecule has 0 aliphatic carbocycles. The van der Waals surface area contributed by atoms with Crippen LogP contribution in [0.2, 0.25) is 0 Å². The van der Waals surface area contributed by atoms with E-state index in [1.807, 2.05) is 0 Å². The summed E-state index contributed by atoms with van der Waals surface area (Å²) in [5, 5.41) is 0. The van der Waals surface area contributed by atoms with Gasteiger partial charge < -0.3 is 5.53 Å². The summed E-state index contributed by atoms with van der Waals surface area (Å²) in [7, 11) is 0. The fourth-order valence-corrected chi connectivity index (χ4v) is 7.68. The maximum Gasteiger partial charge on any atom is 0.211 e. The molecule has 1 aliphatic rings. The van der Waals surface area contributed by atoms with Gasteiger partial charge in [0.15, 0.2) is 0 Å². The first-order valence-electron chi connectivity index (χ1n) is 21.3. The third-order valence-electron chi connectivity index (χ3n) is 10.7. The third-order valence-corrected chi connectivity index (χ3v) is 10.7. The van der Waals surface area contributed by atoms with Crippen LogP contribution in [0, 0.1) is 0 Å². The first-order valence-corrected chi connectivity index (χ1v) is 21.3. The number of allylic oxidation sites excluding steroid dienone is 2. The molecular weight excluding hydrogens is 593 g/mol. The number of unbranched alkanes of at least 4 members (excludes halogenated alkanes) is 19. The lowest BCUT2D eigenvalue weighted by Gasteiger charge is -2.12. The number of aryl methyl sites for hydroxylation is 2. The number of benzene rings is 2. The van der Waals surface area contributed by atoms with Gasteiger partial charge in [-0.2, -0.15) is 0 Å². The lowest BCUT2D eigenvalue weighted by Crippen LogP contribution is -2.03. The highest BCUT2D eigenvalue weighted by Crippen LogP contribution is 2.44. The van der Waals surface area contributed by atoms with Gasteiger partial charge in [-0.25, -0.2) is 4.70 Å². The van der Waals surface area contributed by atoms with Gasteiger partial charge in [-0.3, -0.25) is 0 Å². The largest absolute Gasteiger partial charge is 0.493 e. The Morgan fingerprint density at radius 3 is 1.10 bits per heavy atom. The Bertz CT molecular complexity index is 1260. The molecule has 0 atom stereocenters. The lowest BCUT2D eigenvalue weighted by molar-refractivity contribution is -0.345. The summed E-state index contributed by atoms with van der Waals surface area (Å²) in [6, 6.07) is 18.1. The summed E-state index contributed by atoms with van der Waals surface area (Å²) >= 11 is 0. The summed E-state index contributed by atoms with van der Waals surface area (Å²) < 4.78 is 1.57. The Kier molecular flexibility index (Phi) is 21.3. The molecular formula is C47H74N2. The van der Waals surface area contributed by atoms with Crippen LogP contribution in [-0.2, 0) is 12.8 Å². The molecule has 0 amide bonds. The predicted molar refractivity (Wildman–Crippen MR) is 216 cm³/mol. The molecule has 49 heavy (non-hydrogen) atoms. The van der Waals surface area contributed by atoms with Crippen molar-refractivity contribution in [3.63, 3.8) is 0 Å². The van der Waals surface area contributed by atoms with Gasteiger partial charge in [0.2, 0.25) is 11.4 Å². The van der Waals surface area contributed by atoms with E-state index in [2.05, 4.69) is 76.2 Å². The SMILES string of the molecule is CCCCCCCCCCCCCCCCCCCc1cccc(C2=C(CCCC)C(CCCC)=C(c3cccc(CCCC)c3)[N+]2=[N-])c1. The standard InChI is InChI=1S/C47H74N2/c1-5-9-13-14-15-16-17-18-19-20-21-22-23-24-25-26-27-31-41-33-29-35-43(39-41)47-45(37-12-8-4)44(36-11-7-3)46(49(47)48)42-34-28-32-40(38-42)30-10-6-2/h28-29,32-35,38-39H,5-27,30-31,36-37H2,1-4H3. The molecule has 0 radical (unpaired) electrons. The van der Waals surface area contributed by atoms with Crippen LogP contribution in [0.25, 0.3) is 16.9 Å². The van der Waals surface area contributed by atoms with Crippen molar-refractivity contribution in [1.29, 1.82) is 0 Å². The molecule has 0 saturated heterocycles. The van der Waals surface area contributed by atoms with E-state index in [4.69, 9.17) is 0 Å². The van der Waals surface area contributed by atoms with Gasteiger partial charge in [-0.1, -0.05) is 174 Å². The van der Waals surface area contributed by atoms with E-state index in [9.17, 15) is 5.53 Å². The number of hydrogen-bond acceptors (Lipinski definition) is 0. The van der Waals surface area contributed by atoms with Gasteiger partial charge in [0.25, 0.3) is 0 Å². The number of rotatable bonds is 29. The fourth-order valence-electron chi connectivity index (χ4n) is 7.68. The molecule has 0 saturated carbocycles. The molecule has 1 heterocycles. The van der Waals surface area contributed by atoms with Crippen molar-refractivity contribution in [1.82, 2.24) is 0 Å². The van der Waals surface area contributed by atoms with Crippen molar-refractivity contribution in [2.75, 3.05) is 0 Å². The zero-order valence-corrected chi connectivity index (χ0v) is 32.6. The highest BCUT2D eigenvalue weighted by Gasteiger charge is 2.35. The highest BCUT2D eigenvalue weighted by molar-refractivity contribution is 5.82. The van der Waals surface area contributed by atoms with Gasteiger partial charge >= 0.3 is 0 Å². The van der Waals surface area contributed by atoms with Gasteiger partial charge in [-0.05, 0) is 86.8 Å². The normalized spacial score (nSPS) is 13.3. The van der Waals surface area contributed by atoms with E-state index in [0.29, 0.717) is 0 Å². The molecule has 2 nitrogen and oxygen atoms in total. The van der Waals surface area contributed by atoms with E-state index >= 15 is 0 Å². The summed E-state index contributed by atoms with van der Waals surface area (Å²) in [6.45, 7) is 9.11. The molecule has 0 fully saturated rings.